The first-order valence-electron chi connectivity index (χ1n) is 4.96. The number of hydrogen-bond donors (Lipinski definition) is 0. The number of benzene rings is 1. The summed E-state index contributed by atoms with van der Waals surface area (Å²) in [6.07, 6.45) is 10.3. The maximum absolute atomic E-state index is 5.70. The van der Waals surface area contributed by atoms with Crippen LogP contribution in [0.1, 0.15) is 5.56 Å². The molecular weight excluding hydrogens is 278 g/mol. The van der Waals surface area contributed by atoms with Crippen LogP contribution >= 0.6 is 15.9 Å². The minimum Gasteiger partial charge on any atom is -0.455 e. The molecule has 1 aromatic heterocycles. The van der Waals surface area contributed by atoms with Crippen LogP contribution in [0.25, 0.3) is 0 Å². The van der Waals surface area contributed by atoms with Crippen LogP contribution in [-0.2, 0) is 0 Å². The van der Waals surface area contributed by atoms with Crippen molar-refractivity contribution in [1.82, 2.24) is 4.98 Å². The molecule has 0 amide bonds. The van der Waals surface area contributed by atoms with Crippen LogP contribution in [0.4, 0.5) is 0 Å². The monoisotopic (exact) mass is 286 g/mol. The molecule has 17 heavy (non-hydrogen) atoms. The molecule has 3 heteroatoms. The van der Waals surface area contributed by atoms with E-state index in [-0.39, 0.29) is 0 Å². The zero-order chi connectivity index (χ0) is 12.1. The van der Waals surface area contributed by atoms with E-state index in [0.29, 0.717) is 11.5 Å². The van der Waals surface area contributed by atoms with E-state index in [0.717, 1.165) is 10.0 Å². The van der Waals surface area contributed by atoms with E-state index in [9.17, 15) is 0 Å². The van der Waals surface area contributed by atoms with Gasteiger partial charge in [0.2, 0.25) is 0 Å². The number of terminal acetylenes is 1. The highest BCUT2D eigenvalue weighted by Gasteiger charge is 2.04. The quantitative estimate of drug-likeness (QED) is 0.801. The average Bonchev–Trinajstić information content (AvgIpc) is 2.35. The van der Waals surface area contributed by atoms with Crippen molar-refractivity contribution in [3.05, 3.63) is 59.2 Å². The third-order valence-electron chi connectivity index (χ3n) is 2.07. The fourth-order valence-corrected chi connectivity index (χ4v) is 1.65. The molecule has 0 saturated heterocycles. The predicted octanol–water partition coefficient (Wildman–Crippen LogP) is 3.82. The van der Waals surface area contributed by atoms with Crippen molar-refractivity contribution in [2.24, 2.45) is 0 Å². The number of nitrogens with zero attached hydrogens (tertiary/aromatic N) is 1. The average molecular weight is 287 g/mol. The van der Waals surface area contributed by atoms with Gasteiger partial charge in [-0.25, -0.2) is 0 Å². The first kappa shape index (κ1) is 11.7. The van der Waals surface area contributed by atoms with Gasteiger partial charge in [-0.3, -0.25) is 4.98 Å². The van der Waals surface area contributed by atoms with Gasteiger partial charge in [-0.15, -0.1) is 6.42 Å². The summed E-state index contributed by atoms with van der Waals surface area (Å²) in [5.41, 5.74) is 0.926. The highest BCUT2D eigenvalue weighted by atomic mass is 79.9. The van der Waals surface area contributed by atoms with Crippen molar-refractivity contribution in [2.45, 2.75) is 0 Å². The molecule has 1 radical (unpaired) electrons. The van der Waals surface area contributed by atoms with Crippen LogP contribution in [0.5, 0.6) is 11.5 Å². The van der Waals surface area contributed by atoms with Gasteiger partial charge in [-0.2, -0.15) is 0 Å². The number of hydrogen-bond acceptors (Lipinski definition) is 2. The summed E-state index contributed by atoms with van der Waals surface area (Å²) in [5.74, 6) is 3.88. The second-order valence-electron chi connectivity index (χ2n) is 3.29. The number of rotatable bonds is 3. The summed E-state index contributed by atoms with van der Waals surface area (Å²) in [6.45, 7) is 0. The third-order valence-corrected chi connectivity index (χ3v) is 2.72. The molecule has 2 rings (SSSR count). The number of halogens is 1. The summed E-state index contributed by atoms with van der Waals surface area (Å²) in [4.78, 5) is 3.99. The lowest BCUT2D eigenvalue weighted by Crippen LogP contribution is -1.88. The molecule has 0 atom stereocenters. The first-order chi connectivity index (χ1) is 8.29. The Morgan fingerprint density at radius 1 is 1.35 bits per heavy atom. The molecule has 1 heterocycles. The van der Waals surface area contributed by atoms with Crippen LogP contribution in [-0.4, -0.2) is 4.98 Å². The van der Waals surface area contributed by atoms with E-state index in [2.05, 4.69) is 26.8 Å². The van der Waals surface area contributed by atoms with E-state index >= 15 is 0 Å². The molecule has 2 aromatic rings. The molecule has 2 nitrogen and oxygen atoms in total. The van der Waals surface area contributed by atoms with E-state index in [1.165, 1.54) is 0 Å². The normalized spacial score (nSPS) is 9.65. The van der Waals surface area contributed by atoms with Gasteiger partial charge in [0.25, 0.3) is 0 Å². The number of aromatic nitrogens is 1. The van der Waals surface area contributed by atoms with Crippen molar-refractivity contribution in [1.29, 1.82) is 0 Å². The molecule has 0 N–H and O–H groups in total. The minimum absolute atomic E-state index is 0.686. The highest BCUT2D eigenvalue weighted by Crippen LogP contribution is 2.30. The van der Waals surface area contributed by atoms with E-state index in [1.54, 1.807) is 18.8 Å². The van der Waals surface area contributed by atoms with Gasteiger partial charge in [-0.1, -0.05) is 12.0 Å². The summed E-state index contributed by atoms with van der Waals surface area (Å²) in [6, 6.07) is 9.35. The predicted molar refractivity (Wildman–Crippen MR) is 70.7 cm³/mol. The third kappa shape index (κ3) is 3.08. The zero-order valence-electron chi connectivity index (χ0n) is 8.93. The maximum atomic E-state index is 5.70. The van der Waals surface area contributed by atoms with Gasteiger partial charge in [0.15, 0.2) is 0 Å². The standard InChI is InChI=1S/C14H9BrNO/c1-2-4-11-6-7-13(15)14(9-11)17-12-5-3-8-16-10-12/h1,3-10H. The summed E-state index contributed by atoms with van der Waals surface area (Å²) in [7, 11) is 0. The van der Waals surface area contributed by atoms with Gasteiger partial charge < -0.3 is 4.74 Å². The number of pyridine rings is 1. The lowest BCUT2D eigenvalue weighted by Gasteiger charge is -2.08. The topological polar surface area (TPSA) is 22.1 Å². The minimum atomic E-state index is 0.686. The molecule has 0 aliphatic rings. The van der Waals surface area contributed by atoms with Crippen LogP contribution in [0.3, 0.4) is 0 Å². The maximum Gasteiger partial charge on any atom is 0.145 e. The lowest BCUT2D eigenvalue weighted by atomic mass is 10.1. The molecule has 0 bridgehead atoms. The zero-order valence-corrected chi connectivity index (χ0v) is 10.5. The molecule has 0 unspecified atom stereocenters. The summed E-state index contributed by atoms with van der Waals surface area (Å²) in [5, 5.41) is 0. The van der Waals surface area contributed by atoms with Crippen molar-refractivity contribution in [2.75, 3.05) is 0 Å². The van der Waals surface area contributed by atoms with Gasteiger partial charge in [0.05, 0.1) is 17.1 Å². The Labute approximate surface area is 109 Å². The molecule has 1 aromatic carbocycles. The van der Waals surface area contributed by atoms with E-state index < -0.39 is 0 Å². The second-order valence-corrected chi connectivity index (χ2v) is 4.15. The Kier molecular flexibility index (Phi) is 3.79. The van der Waals surface area contributed by atoms with Gasteiger partial charge in [0.1, 0.15) is 11.5 Å². The van der Waals surface area contributed by atoms with Crippen molar-refractivity contribution >= 4 is 15.9 Å². The van der Waals surface area contributed by atoms with Gasteiger partial charge in [-0.05, 0) is 45.8 Å². The largest absolute Gasteiger partial charge is 0.455 e. The van der Waals surface area contributed by atoms with Crippen LogP contribution in [0, 0.1) is 18.8 Å². The summed E-state index contributed by atoms with van der Waals surface area (Å²) < 4.78 is 6.57. The molecule has 0 saturated carbocycles. The molecular formula is C14H9BrNO. The molecule has 0 aliphatic heterocycles. The molecule has 83 valence electrons. The highest BCUT2D eigenvalue weighted by molar-refractivity contribution is 9.10. The van der Waals surface area contributed by atoms with Crippen molar-refractivity contribution in [3.63, 3.8) is 0 Å². The van der Waals surface area contributed by atoms with Crippen LogP contribution in [0.2, 0.25) is 0 Å². The Balaban J connectivity index is 2.26. The van der Waals surface area contributed by atoms with E-state index in [1.807, 2.05) is 30.3 Å². The SMILES string of the molecule is C#C[CH]c1ccc(Br)c(Oc2cccnc2)c1. The lowest BCUT2D eigenvalue weighted by molar-refractivity contribution is 0.477. The van der Waals surface area contributed by atoms with Gasteiger partial charge >= 0.3 is 0 Å². The first-order valence-corrected chi connectivity index (χ1v) is 5.75. The number of ether oxygens (including phenoxy) is 1. The van der Waals surface area contributed by atoms with Crippen LogP contribution in [0.15, 0.2) is 47.2 Å². The van der Waals surface area contributed by atoms with Gasteiger partial charge in [0, 0.05) is 6.20 Å². The fraction of sp³-hybridized carbons (Fsp3) is 0. The molecule has 0 spiro atoms. The molecule has 0 fully saturated rings. The van der Waals surface area contributed by atoms with Crippen LogP contribution < -0.4 is 4.74 Å². The smallest absolute Gasteiger partial charge is 0.145 e. The van der Waals surface area contributed by atoms with E-state index in [4.69, 9.17) is 11.2 Å². The van der Waals surface area contributed by atoms with Crippen molar-refractivity contribution in [3.8, 4) is 23.8 Å². The second kappa shape index (κ2) is 5.51. The Bertz CT molecular complexity index is 546. The van der Waals surface area contributed by atoms with Crippen molar-refractivity contribution < 1.29 is 4.74 Å². The summed E-state index contributed by atoms with van der Waals surface area (Å²) >= 11 is 3.43. The Morgan fingerprint density at radius 2 is 2.24 bits per heavy atom. The molecule has 0 aliphatic carbocycles. The Hall–Kier alpha value is -1.79. The fourth-order valence-electron chi connectivity index (χ4n) is 1.32. The Morgan fingerprint density at radius 3 is 2.94 bits per heavy atom.